The van der Waals surface area contributed by atoms with Gasteiger partial charge in [-0.05, 0) is 61.1 Å². The van der Waals surface area contributed by atoms with Crippen molar-refractivity contribution < 1.29 is 9.53 Å². The number of aryl methyl sites for hydroxylation is 2. The van der Waals surface area contributed by atoms with Crippen molar-refractivity contribution in [2.45, 2.75) is 44.6 Å². The van der Waals surface area contributed by atoms with Crippen LogP contribution in [-0.4, -0.2) is 15.9 Å². The number of benzene rings is 2. The van der Waals surface area contributed by atoms with E-state index in [-0.39, 0.29) is 17.6 Å². The molecule has 6 heteroatoms. The summed E-state index contributed by atoms with van der Waals surface area (Å²) in [6, 6.07) is 13.4. The highest BCUT2D eigenvalue weighted by molar-refractivity contribution is 9.10. The van der Waals surface area contributed by atoms with Gasteiger partial charge < -0.3 is 9.72 Å². The fraction of sp³-hybridized carbons (Fsp3) is 0.318. The quantitative estimate of drug-likeness (QED) is 0.586. The highest BCUT2D eigenvalue weighted by Crippen LogP contribution is 2.34. The van der Waals surface area contributed by atoms with Crippen LogP contribution in [0, 0.1) is 0 Å². The molecule has 1 aliphatic carbocycles. The maximum atomic E-state index is 12.3. The van der Waals surface area contributed by atoms with Crippen molar-refractivity contribution in [3.8, 4) is 0 Å². The highest BCUT2D eigenvalue weighted by atomic mass is 79.9. The summed E-state index contributed by atoms with van der Waals surface area (Å²) in [6.07, 6.45) is 4.14. The number of fused-ring (bicyclic) bond motifs is 2. The number of H-pyrrole nitrogens is 1. The molecule has 1 heterocycles. The first kappa shape index (κ1) is 18.9. The molecule has 0 saturated carbocycles. The van der Waals surface area contributed by atoms with E-state index in [1.807, 2.05) is 24.3 Å². The zero-order valence-corrected chi connectivity index (χ0v) is 17.0. The monoisotopic (exact) mass is 440 g/mol. The van der Waals surface area contributed by atoms with Gasteiger partial charge in [-0.25, -0.2) is 4.98 Å². The number of aromatic amines is 1. The Balaban J connectivity index is 1.36. The van der Waals surface area contributed by atoms with E-state index in [1.165, 1.54) is 5.56 Å². The molecule has 1 aromatic heterocycles. The molecule has 28 heavy (non-hydrogen) atoms. The second-order valence-electron chi connectivity index (χ2n) is 7.10. The third-order valence-corrected chi connectivity index (χ3v) is 5.59. The topological polar surface area (TPSA) is 72.0 Å². The number of aromatic nitrogens is 2. The summed E-state index contributed by atoms with van der Waals surface area (Å²) in [5.74, 6) is 0.393. The van der Waals surface area contributed by atoms with Crippen molar-refractivity contribution in [2.24, 2.45) is 0 Å². The van der Waals surface area contributed by atoms with Gasteiger partial charge in [-0.3, -0.25) is 9.59 Å². The summed E-state index contributed by atoms with van der Waals surface area (Å²) >= 11 is 3.50. The Hall–Kier alpha value is -2.47. The van der Waals surface area contributed by atoms with Gasteiger partial charge in [-0.2, -0.15) is 0 Å². The number of esters is 1. The van der Waals surface area contributed by atoms with Crippen molar-refractivity contribution in [1.29, 1.82) is 0 Å². The lowest BCUT2D eigenvalue weighted by atomic mass is 9.89. The number of nitrogens with one attached hydrogen (secondary N) is 1. The summed E-state index contributed by atoms with van der Waals surface area (Å²) in [5.41, 5.74) is 2.89. The van der Waals surface area contributed by atoms with Gasteiger partial charge in [0.05, 0.1) is 10.9 Å². The van der Waals surface area contributed by atoms with Gasteiger partial charge in [-0.1, -0.05) is 34.1 Å². The molecule has 0 spiro atoms. The summed E-state index contributed by atoms with van der Waals surface area (Å²) in [4.78, 5) is 31.7. The van der Waals surface area contributed by atoms with E-state index >= 15 is 0 Å². The maximum absolute atomic E-state index is 12.3. The van der Waals surface area contributed by atoms with E-state index in [4.69, 9.17) is 4.74 Å². The Morgan fingerprint density at radius 1 is 1.25 bits per heavy atom. The molecule has 3 aromatic rings. The van der Waals surface area contributed by atoms with Crippen molar-refractivity contribution in [3.05, 3.63) is 74.2 Å². The summed E-state index contributed by atoms with van der Waals surface area (Å²) in [6.45, 7) is 0. The van der Waals surface area contributed by atoms with Crippen molar-refractivity contribution in [3.63, 3.8) is 0 Å². The predicted octanol–water partition coefficient (Wildman–Crippen LogP) is 4.63. The molecule has 0 fully saturated rings. The van der Waals surface area contributed by atoms with Crippen LogP contribution in [-0.2, 0) is 22.4 Å². The Bertz CT molecular complexity index is 1080. The van der Waals surface area contributed by atoms with E-state index < -0.39 is 0 Å². The fourth-order valence-corrected chi connectivity index (χ4v) is 4.10. The average molecular weight is 441 g/mol. The zero-order valence-electron chi connectivity index (χ0n) is 15.4. The van der Waals surface area contributed by atoms with Crippen LogP contribution in [0.4, 0.5) is 0 Å². The minimum Gasteiger partial charge on any atom is -0.457 e. The molecule has 1 N–H and O–H groups in total. The van der Waals surface area contributed by atoms with E-state index in [2.05, 4.69) is 38.0 Å². The number of carbonyl (C=O) groups excluding carboxylic acids is 1. The highest BCUT2D eigenvalue weighted by Gasteiger charge is 2.23. The first-order valence-electron chi connectivity index (χ1n) is 9.56. The van der Waals surface area contributed by atoms with Crippen LogP contribution in [0.2, 0.25) is 0 Å². The zero-order chi connectivity index (χ0) is 19.5. The smallest absolute Gasteiger partial charge is 0.306 e. The largest absolute Gasteiger partial charge is 0.457 e. The molecule has 0 radical (unpaired) electrons. The number of para-hydroxylation sites is 1. The van der Waals surface area contributed by atoms with Crippen molar-refractivity contribution in [2.75, 3.05) is 0 Å². The molecular formula is C22H21BrN2O3. The normalized spacial score (nSPS) is 16.0. The van der Waals surface area contributed by atoms with Crippen LogP contribution in [0.3, 0.4) is 0 Å². The first-order chi connectivity index (χ1) is 13.6. The molecule has 5 nitrogen and oxygen atoms in total. The number of rotatable bonds is 5. The van der Waals surface area contributed by atoms with Gasteiger partial charge in [-0.15, -0.1) is 0 Å². The summed E-state index contributed by atoms with van der Waals surface area (Å²) in [5, 5.41) is 0.577. The van der Waals surface area contributed by atoms with Crippen LogP contribution in [0.15, 0.2) is 51.7 Å². The van der Waals surface area contributed by atoms with Gasteiger partial charge in [0.15, 0.2) is 0 Å². The van der Waals surface area contributed by atoms with E-state index in [9.17, 15) is 9.59 Å². The Labute approximate surface area is 171 Å². The molecule has 0 saturated heterocycles. The number of hydrogen-bond acceptors (Lipinski definition) is 4. The molecule has 4 rings (SSSR count). The first-order valence-corrected chi connectivity index (χ1v) is 10.4. The third-order valence-electron chi connectivity index (χ3n) is 5.10. The molecule has 0 aliphatic heterocycles. The van der Waals surface area contributed by atoms with Crippen molar-refractivity contribution >= 4 is 32.8 Å². The molecule has 0 amide bonds. The molecular weight excluding hydrogens is 420 g/mol. The van der Waals surface area contributed by atoms with Gasteiger partial charge in [0, 0.05) is 17.3 Å². The molecule has 144 valence electrons. The average Bonchev–Trinajstić information content (AvgIpc) is 2.68. The lowest BCUT2D eigenvalue weighted by molar-refractivity contribution is -0.150. The predicted molar refractivity (Wildman–Crippen MR) is 111 cm³/mol. The summed E-state index contributed by atoms with van der Waals surface area (Å²) < 4.78 is 6.75. The van der Waals surface area contributed by atoms with E-state index in [1.54, 1.807) is 6.07 Å². The Kier molecular flexibility index (Phi) is 5.57. The molecule has 0 bridgehead atoms. The molecule has 2 aromatic carbocycles. The van der Waals surface area contributed by atoms with Gasteiger partial charge in [0.1, 0.15) is 11.9 Å². The van der Waals surface area contributed by atoms with Crippen LogP contribution in [0.1, 0.15) is 48.7 Å². The molecule has 1 atom stereocenters. The molecule has 0 unspecified atom stereocenters. The SMILES string of the molecule is O=C(CCCc1nc2ccccc2c(=O)[nH]1)O[C@@H]1CCCc2ccc(Br)cc21. The Morgan fingerprint density at radius 3 is 3.00 bits per heavy atom. The van der Waals surface area contributed by atoms with Gasteiger partial charge >= 0.3 is 5.97 Å². The summed E-state index contributed by atoms with van der Waals surface area (Å²) in [7, 11) is 0. The van der Waals surface area contributed by atoms with Crippen LogP contribution >= 0.6 is 15.9 Å². The number of carbonyl (C=O) groups is 1. The number of ether oxygens (including phenoxy) is 1. The molecule has 1 aliphatic rings. The van der Waals surface area contributed by atoms with Gasteiger partial charge in [0.2, 0.25) is 0 Å². The minimum atomic E-state index is -0.207. The number of nitrogens with zero attached hydrogens (tertiary/aromatic N) is 1. The van der Waals surface area contributed by atoms with Crippen LogP contribution in [0.5, 0.6) is 0 Å². The third kappa shape index (κ3) is 4.17. The maximum Gasteiger partial charge on any atom is 0.306 e. The second kappa shape index (κ2) is 8.27. The van der Waals surface area contributed by atoms with E-state index in [0.29, 0.717) is 36.0 Å². The number of halogens is 1. The minimum absolute atomic E-state index is 0.146. The van der Waals surface area contributed by atoms with Crippen LogP contribution in [0.25, 0.3) is 10.9 Å². The fourth-order valence-electron chi connectivity index (χ4n) is 3.72. The van der Waals surface area contributed by atoms with Crippen LogP contribution < -0.4 is 5.56 Å². The second-order valence-corrected chi connectivity index (χ2v) is 8.01. The lowest BCUT2D eigenvalue weighted by Crippen LogP contribution is -2.17. The Morgan fingerprint density at radius 2 is 2.11 bits per heavy atom. The van der Waals surface area contributed by atoms with Crippen molar-refractivity contribution in [1.82, 2.24) is 9.97 Å². The number of hydrogen-bond donors (Lipinski definition) is 1. The lowest BCUT2D eigenvalue weighted by Gasteiger charge is -2.25. The standard InChI is InChI=1S/C22H21BrN2O3/c23-15-12-11-14-5-3-8-19(17(14)13-15)28-21(26)10-4-9-20-24-18-7-2-1-6-16(18)22(27)25-20/h1-2,6-7,11-13,19H,3-5,8-10H2,(H,24,25,27)/t19-/m1/s1. The van der Waals surface area contributed by atoms with Gasteiger partial charge in [0.25, 0.3) is 5.56 Å². The van der Waals surface area contributed by atoms with E-state index in [0.717, 1.165) is 29.3 Å².